The van der Waals surface area contributed by atoms with Gasteiger partial charge in [0.1, 0.15) is 0 Å². The van der Waals surface area contributed by atoms with Crippen molar-refractivity contribution in [2.75, 3.05) is 13.2 Å². The average Bonchev–Trinajstić information content (AvgIpc) is 2.72. The summed E-state index contributed by atoms with van der Waals surface area (Å²) in [5.41, 5.74) is -0.613. The average molecular weight is 553 g/mol. The monoisotopic (exact) mass is 553 g/mol. The Kier molecular flexibility index (Phi) is 15.6. The quantitative estimate of drug-likeness (QED) is 0.173. The van der Waals surface area contributed by atoms with Gasteiger partial charge in [-0.3, -0.25) is 0 Å². The summed E-state index contributed by atoms with van der Waals surface area (Å²) in [5, 5.41) is 10.1. The van der Waals surface area contributed by atoms with Gasteiger partial charge >= 0.3 is 0 Å². The highest BCUT2D eigenvalue weighted by molar-refractivity contribution is 4.89. The lowest BCUT2D eigenvalue weighted by Gasteiger charge is -2.43. The van der Waals surface area contributed by atoms with Gasteiger partial charge < -0.3 is 14.6 Å². The third kappa shape index (κ3) is 18.8. The van der Waals surface area contributed by atoms with Crippen molar-refractivity contribution >= 4 is 0 Å². The van der Waals surface area contributed by atoms with Gasteiger partial charge in [-0.2, -0.15) is 0 Å². The molecule has 1 saturated carbocycles. The summed E-state index contributed by atoms with van der Waals surface area (Å²) in [4.78, 5) is 0. The van der Waals surface area contributed by atoms with Crippen LogP contribution in [-0.4, -0.2) is 35.1 Å². The Morgan fingerprint density at radius 1 is 0.692 bits per heavy atom. The number of hydrogen-bond acceptors (Lipinski definition) is 3. The van der Waals surface area contributed by atoms with Crippen molar-refractivity contribution in [1.29, 1.82) is 0 Å². The van der Waals surface area contributed by atoms with Gasteiger partial charge in [0.2, 0.25) is 0 Å². The standard InChI is InChI=1S/C36H72O3/c1-28(2)15-13-16-29(3)17-14-18-30-19-20-31(26-35(9,10)39-24-22-34(7,8)37)32(25-30)27-36(11,12)38-23-21-33(4,5)6/h28-32,37H,13-27H2,1-12H3. The molecule has 1 rings (SSSR count). The van der Waals surface area contributed by atoms with E-state index >= 15 is 0 Å². The lowest BCUT2D eigenvalue weighted by Crippen LogP contribution is -2.38. The molecule has 1 aliphatic rings. The molecule has 0 amide bonds. The summed E-state index contributed by atoms with van der Waals surface area (Å²) in [6, 6.07) is 0. The summed E-state index contributed by atoms with van der Waals surface area (Å²) in [6.45, 7) is 28.4. The van der Waals surface area contributed by atoms with Crippen LogP contribution in [0.15, 0.2) is 0 Å². The fourth-order valence-electron chi connectivity index (χ4n) is 6.57. The van der Waals surface area contributed by atoms with E-state index in [2.05, 4.69) is 69.2 Å². The zero-order valence-corrected chi connectivity index (χ0v) is 28.8. The topological polar surface area (TPSA) is 38.7 Å². The highest BCUT2D eigenvalue weighted by atomic mass is 16.5. The van der Waals surface area contributed by atoms with Gasteiger partial charge in [-0.05, 0) is 115 Å². The van der Waals surface area contributed by atoms with E-state index in [0.29, 0.717) is 30.3 Å². The van der Waals surface area contributed by atoms with Gasteiger partial charge in [-0.25, -0.2) is 0 Å². The minimum atomic E-state index is -0.670. The predicted molar refractivity (Wildman–Crippen MR) is 170 cm³/mol. The molecule has 0 heterocycles. The van der Waals surface area contributed by atoms with Crippen LogP contribution in [0.2, 0.25) is 0 Å². The molecule has 0 saturated heterocycles. The van der Waals surface area contributed by atoms with E-state index < -0.39 is 5.60 Å². The maximum absolute atomic E-state index is 10.1. The molecule has 39 heavy (non-hydrogen) atoms. The lowest BCUT2D eigenvalue weighted by molar-refractivity contribution is -0.0811. The second kappa shape index (κ2) is 16.5. The summed E-state index contributed by atoms with van der Waals surface area (Å²) in [6.07, 6.45) is 16.4. The maximum atomic E-state index is 10.1. The van der Waals surface area contributed by atoms with Crippen molar-refractivity contribution in [3.05, 3.63) is 0 Å². The van der Waals surface area contributed by atoms with E-state index in [1.165, 1.54) is 57.8 Å². The molecule has 0 spiro atoms. The third-order valence-corrected chi connectivity index (χ3v) is 9.10. The summed E-state index contributed by atoms with van der Waals surface area (Å²) in [7, 11) is 0. The van der Waals surface area contributed by atoms with Crippen LogP contribution in [0, 0.1) is 35.0 Å². The summed E-state index contributed by atoms with van der Waals surface area (Å²) >= 11 is 0. The normalized spacial score (nSPS) is 22.5. The highest BCUT2D eigenvalue weighted by Crippen LogP contribution is 2.45. The van der Waals surface area contributed by atoms with Crippen LogP contribution in [0.4, 0.5) is 0 Å². The second-order valence-electron chi connectivity index (χ2n) is 17.1. The molecule has 0 radical (unpaired) electrons. The number of aliphatic hydroxyl groups is 1. The first-order valence-electron chi connectivity index (χ1n) is 16.8. The Morgan fingerprint density at radius 3 is 1.77 bits per heavy atom. The molecule has 0 aliphatic heterocycles. The predicted octanol–water partition coefficient (Wildman–Crippen LogP) is 10.6. The van der Waals surface area contributed by atoms with E-state index in [1.807, 2.05) is 13.8 Å². The van der Waals surface area contributed by atoms with Crippen molar-refractivity contribution in [3.8, 4) is 0 Å². The first kappa shape index (κ1) is 36.9. The van der Waals surface area contributed by atoms with E-state index in [9.17, 15) is 5.11 Å². The molecular weight excluding hydrogens is 480 g/mol. The van der Waals surface area contributed by atoms with E-state index in [1.54, 1.807) is 0 Å². The maximum Gasteiger partial charge on any atom is 0.0629 e. The van der Waals surface area contributed by atoms with Gasteiger partial charge in [0.25, 0.3) is 0 Å². The van der Waals surface area contributed by atoms with Crippen molar-refractivity contribution in [3.63, 3.8) is 0 Å². The Bertz CT molecular complexity index is 637. The van der Waals surface area contributed by atoms with Crippen LogP contribution >= 0.6 is 0 Å². The molecule has 0 aromatic carbocycles. The van der Waals surface area contributed by atoms with Crippen LogP contribution in [0.5, 0.6) is 0 Å². The smallest absolute Gasteiger partial charge is 0.0629 e. The first-order valence-corrected chi connectivity index (χ1v) is 16.8. The molecule has 4 unspecified atom stereocenters. The second-order valence-corrected chi connectivity index (χ2v) is 17.1. The Balaban J connectivity index is 2.75. The molecule has 0 aromatic heterocycles. The molecular formula is C36H72O3. The van der Waals surface area contributed by atoms with Crippen molar-refractivity contribution < 1.29 is 14.6 Å². The fourth-order valence-corrected chi connectivity index (χ4v) is 6.57. The zero-order chi connectivity index (χ0) is 29.9. The molecule has 3 nitrogen and oxygen atoms in total. The molecule has 1 fully saturated rings. The summed E-state index contributed by atoms with van der Waals surface area (Å²) in [5.74, 6) is 3.93. The first-order chi connectivity index (χ1) is 17.8. The van der Waals surface area contributed by atoms with Crippen molar-refractivity contribution in [2.24, 2.45) is 35.0 Å². The minimum Gasteiger partial charge on any atom is -0.390 e. The van der Waals surface area contributed by atoms with Crippen molar-refractivity contribution in [1.82, 2.24) is 0 Å². The summed E-state index contributed by atoms with van der Waals surface area (Å²) < 4.78 is 12.9. The molecule has 0 aromatic rings. The largest absolute Gasteiger partial charge is 0.390 e. The minimum absolute atomic E-state index is 0.0904. The lowest BCUT2D eigenvalue weighted by atomic mass is 9.66. The Morgan fingerprint density at radius 2 is 1.23 bits per heavy atom. The van der Waals surface area contributed by atoms with Crippen molar-refractivity contribution in [2.45, 2.75) is 183 Å². The number of ether oxygens (including phenoxy) is 2. The van der Waals surface area contributed by atoms with Gasteiger partial charge in [0, 0.05) is 6.61 Å². The SMILES string of the molecule is CC(C)CCCC(C)CCCC1CCC(CC(C)(C)OCCC(C)(C)O)C(CC(C)(C)OCCC(C)(C)C)C1. The van der Waals surface area contributed by atoms with Gasteiger partial charge in [0.05, 0.1) is 23.4 Å². The van der Waals surface area contributed by atoms with Crippen LogP contribution in [0.3, 0.4) is 0 Å². The molecule has 4 atom stereocenters. The fraction of sp³-hybridized carbons (Fsp3) is 1.00. The van der Waals surface area contributed by atoms with E-state index in [4.69, 9.17) is 9.47 Å². The molecule has 3 heteroatoms. The van der Waals surface area contributed by atoms with Gasteiger partial charge in [-0.15, -0.1) is 0 Å². The molecule has 0 bridgehead atoms. The zero-order valence-electron chi connectivity index (χ0n) is 28.8. The van der Waals surface area contributed by atoms with Gasteiger partial charge in [-0.1, -0.05) is 86.5 Å². The van der Waals surface area contributed by atoms with Crippen LogP contribution < -0.4 is 0 Å². The highest BCUT2D eigenvalue weighted by Gasteiger charge is 2.38. The Labute approximate surface area is 246 Å². The molecule has 234 valence electrons. The number of hydrogen-bond donors (Lipinski definition) is 1. The van der Waals surface area contributed by atoms with Crippen LogP contribution in [0.1, 0.15) is 167 Å². The van der Waals surface area contributed by atoms with Gasteiger partial charge in [0.15, 0.2) is 0 Å². The van der Waals surface area contributed by atoms with E-state index in [-0.39, 0.29) is 11.2 Å². The number of rotatable bonds is 19. The molecule has 1 aliphatic carbocycles. The molecule has 1 N–H and O–H groups in total. The Hall–Kier alpha value is -0.120. The van der Waals surface area contributed by atoms with E-state index in [0.717, 1.165) is 43.6 Å². The van der Waals surface area contributed by atoms with Crippen LogP contribution in [0.25, 0.3) is 0 Å². The van der Waals surface area contributed by atoms with Crippen LogP contribution in [-0.2, 0) is 9.47 Å². The third-order valence-electron chi connectivity index (χ3n) is 9.10.